The van der Waals surface area contributed by atoms with Gasteiger partial charge in [0.2, 0.25) is 11.7 Å². The highest BCUT2D eigenvalue weighted by molar-refractivity contribution is 8.00. The highest BCUT2D eigenvalue weighted by atomic mass is 32.2. The fraction of sp³-hybridized carbons (Fsp3) is 0.263. The molecule has 3 aromatic rings. The second-order valence-electron chi connectivity index (χ2n) is 6.27. The van der Waals surface area contributed by atoms with Crippen molar-refractivity contribution in [2.75, 3.05) is 16.8 Å². The number of aromatic nitrogens is 1. The third-order valence-electron chi connectivity index (χ3n) is 3.88. The Morgan fingerprint density at radius 3 is 2.59 bits per heavy atom. The van der Waals surface area contributed by atoms with Crippen LogP contribution < -0.4 is 10.1 Å². The fourth-order valence-electron chi connectivity index (χ4n) is 2.59. The van der Waals surface area contributed by atoms with Crippen LogP contribution in [0.15, 0.2) is 24.3 Å². The van der Waals surface area contributed by atoms with Crippen LogP contribution in [-0.4, -0.2) is 45.6 Å². The zero-order chi connectivity index (χ0) is 23.5. The number of nitrogens with one attached hydrogen (secondary N) is 1. The maximum atomic E-state index is 13.1. The number of anilines is 1. The number of thiazole rings is 1. The third kappa shape index (κ3) is 6.20. The lowest BCUT2D eigenvalue weighted by atomic mass is 10.2. The lowest BCUT2D eigenvalue weighted by molar-refractivity contribution is -0.274. The summed E-state index contributed by atoms with van der Waals surface area (Å²) in [4.78, 5) is 40.8. The number of carboxylic acid groups (broad SMARTS) is 1. The van der Waals surface area contributed by atoms with Crippen LogP contribution in [0.1, 0.15) is 27.2 Å². The number of carbonyl (C=O) groups excluding carboxylic acids is 2. The van der Waals surface area contributed by atoms with Gasteiger partial charge in [-0.1, -0.05) is 6.92 Å². The van der Waals surface area contributed by atoms with Gasteiger partial charge in [0.25, 0.3) is 0 Å². The number of thiophene rings is 1. The van der Waals surface area contributed by atoms with Crippen molar-refractivity contribution in [1.29, 1.82) is 0 Å². The van der Waals surface area contributed by atoms with Gasteiger partial charge in [-0.25, -0.2) is 4.98 Å². The van der Waals surface area contributed by atoms with Crippen molar-refractivity contribution in [3.63, 3.8) is 0 Å². The molecule has 2 N–H and O–H groups in total. The van der Waals surface area contributed by atoms with Crippen molar-refractivity contribution in [3.8, 4) is 5.75 Å². The first-order valence-corrected chi connectivity index (χ1v) is 11.8. The number of carbonyl (C=O) groups is 3. The van der Waals surface area contributed by atoms with Gasteiger partial charge >= 0.3 is 12.3 Å². The quantitative estimate of drug-likeness (QED) is 0.403. The Bertz CT molecular complexity index is 1170. The molecule has 0 aliphatic carbocycles. The number of ketones is 1. The molecule has 0 aliphatic rings. The number of carboxylic acids is 1. The third-order valence-corrected chi connectivity index (χ3v) is 7.00. The highest BCUT2D eigenvalue weighted by Gasteiger charge is 2.31. The Balaban J connectivity index is 1.83. The molecule has 0 aliphatic heterocycles. The molecule has 0 fully saturated rings. The Kier molecular flexibility index (Phi) is 7.41. The lowest BCUT2D eigenvalue weighted by Crippen LogP contribution is -2.16. The van der Waals surface area contributed by atoms with E-state index in [2.05, 4.69) is 15.0 Å². The molecule has 170 valence electrons. The molecule has 1 aromatic carbocycles. The molecule has 32 heavy (non-hydrogen) atoms. The minimum absolute atomic E-state index is 0.0559. The van der Waals surface area contributed by atoms with Gasteiger partial charge in [0.05, 0.1) is 27.3 Å². The Morgan fingerprint density at radius 1 is 1.19 bits per heavy atom. The van der Waals surface area contributed by atoms with E-state index in [4.69, 9.17) is 5.11 Å². The number of thioether (sulfide) groups is 1. The van der Waals surface area contributed by atoms with Crippen LogP contribution in [-0.2, 0) is 16.0 Å². The molecule has 2 heterocycles. The summed E-state index contributed by atoms with van der Waals surface area (Å²) in [5.41, 5.74) is 0.559. The molecule has 0 saturated heterocycles. The van der Waals surface area contributed by atoms with Crippen LogP contribution >= 0.6 is 34.4 Å². The Hall–Kier alpha value is -2.64. The summed E-state index contributed by atoms with van der Waals surface area (Å²) in [6.45, 7) is 1.88. The van der Waals surface area contributed by atoms with Gasteiger partial charge in [0.15, 0.2) is 5.01 Å². The number of halogens is 3. The molecule has 0 bridgehead atoms. The summed E-state index contributed by atoms with van der Waals surface area (Å²) >= 11 is 3.06. The van der Waals surface area contributed by atoms with E-state index >= 15 is 0 Å². The minimum atomic E-state index is -4.83. The normalized spacial score (nSPS) is 11.5. The molecule has 0 radical (unpaired) electrons. The molecule has 3 rings (SSSR count). The van der Waals surface area contributed by atoms with Gasteiger partial charge in [0.1, 0.15) is 10.8 Å². The molecule has 7 nitrogen and oxygen atoms in total. The van der Waals surface area contributed by atoms with Gasteiger partial charge in [-0.15, -0.1) is 47.6 Å². The Labute approximate surface area is 191 Å². The molecule has 0 unspecified atom stereocenters. The predicted octanol–water partition coefficient (Wildman–Crippen LogP) is 4.81. The van der Waals surface area contributed by atoms with E-state index in [0.29, 0.717) is 21.6 Å². The Morgan fingerprint density at radius 2 is 1.94 bits per heavy atom. The minimum Gasteiger partial charge on any atom is -0.481 e. The van der Waals surface area contributed by atoms with Gasteiger partial charge in [-0.3, -0.25) is 14.4 Å². The number of benzene rings is 1. The van der Waals surface area contributed by atoms with E-state index in [1.807, 2.05) is 6.92 Å². The number of rotatable bonds is 9. The summed E-state index contributed by atoms with van der Waals surface area (Å²) in [7, 11) is 0. The topological polar surface area (TPSA) is 106 Å². The number of hydrogen-bond donors (Lipinski definition) is 2. The summed E-state index contributed by atoms with van der Waals surface area (Å²) in [6.07, 6.45) is -4.22. The number of amides is 1. The molecular weight excluding hydrogens is 489 g/mol. The van der Waals surface area contributed by atoms with Crippen LogP contribution in [0.25, 0.3) is 10.2 Å². The summed E-state index contributed by atoms with van der Waals surface area (Å²) in [5.74, 6) is -2.70. The van der Waals surface area contributed by atoms with Crippen molar-refractivity contribution >= 4 is 67.3 Å². The van der Waals surface area contributed by atoms with Crippen molar-refractivity contribution < 1.29 is 37.4 Å². The number of nitrogens with zero attached hydrogens (tertiary/aromatic N) is 1. The SMILES string of the molecule is CCc1cc(C(=O)c2nc3ccc(OC(F)(F)F)cc3s2)c(NC(=O)CSCC(=O)O)s1. The second kappa shape index (κ2) is 9.88. The lowest BCUT2D eigenvalue weighted by Gasteiger charge is -2.07. The van der Waals surface area contributed by atoms with E-state index in [9.17, 15) is 27.6 Å². The summed E-state index contributed by atoms with van der Waals surface area (Å²) in [6, 6.07) is 5.24. The number of hydrogen-bond acceptors (Lipinski definition) is 8. The van der Waals surface area contributed by atoms with E-state index < -0.39 is 29.8 Å². The van der Waals surface area contributed by atoms with Gasteiger partial charge in [-0.05, 0) is 30.7 Å². The smallest absolute Gasteiger partial charge is 0.481 e. The number of ether oxygens (including phenoxy) is 1. The van der Waals surface area contributed by atoms with Crippen molar-refractivity contribution in [1.82, 2.24) is 4.98 Å². The summed E-state index contributed by atoms with van der Waals surface area (Å²) < 4.78 is 41.6. The number of aliphatic carboxylic acids is 1. The van der Waals surface area contributed by atoms with Gasteiger partial charge < -0.3 is 15.2 Å². The first kappa shape index (κ1) is 24.0. The molecule has 2 aromatic heterocycles. The second-order valence-corrected chi connectivity index (χ2v) is 9.42. The molecule has 0 atom stereocenters. The van der Waals surface area contributed by atoms with Crippen molar-refractivity contribution in [2.45, 2.75) is 19.7 Å². The first-order chi connectivity index (χ1) is 15.1. The number of fused-ring (bicyclic) bond motifs is 1. The number of aryl methyl sites for hydroxylation is 1. The molecule has 0 saturated carbocycles. The maximum absolute atomic E-state index is 13.1. The molecule has 1 amide bonds. The van der Waals surface area contributed by atoms with E-state index in [1.54, 1.807) is 6.07 Å². The van der Waals surface area contributed by atoms with Crippen molar-refractivity contribution in [3.05, 3.63) is 39.7 Å². The van der Waals surface area contributed by atoms with E-state index in [0.717, 1.165) is 40.1 Å². The zero-order valence-corrected chi connectivity index (χ0v) is 18.8. The van der Waals surface area contributed by atoms with Gasteiger partial charge in [0, 0.05) is 4.88 Å². The average molecular weight is 505 g/mol. The van der Waals surface area contributed by atoms with Crippen LogP contribution in [0.3, 0.4) is 0 Å². The largest absolute Gasteiger partial charge is 0.573 e. The van der Waals surface area contributed by atoms with Gasteiger partial charge in [-0.2, -0.15) is 0 Å². The molecular formula is C19H15F3N2O5S3. The van der Waals surface area contributed by atoms with Crippen LogP contribution in [0.4, 0.5) is 18.2 Å². The standard InChI is InChI=1S/C19H15F3N2O5S3/c1-2-10-6-11(17(31-10)24-14(25)7-30-8-15(26)27)16(28)18-23-12-4-3-9(5-13(12)32-18)29-19(20,21)22/h3-6H,2,7-8H2,1H3,(H,24,25)(H,26,27). The van der Waals surface area contributed by atoms with E-state index in [1.165, 1.54) is 17.4 Å². The fourth-order valence-corrected chi connectivity index (χ4v) is 5.08. The molecule has 13 heteroatoms. The van der Waals surface area contributed by atoms with Crippen molar-refractivity contribution in [2.24, 2.45) is 0 Å². The zero-order valence-electron chi connectivity index (χ0n) is 16.3. The average Bonchev–Trinajstić information content (AvgIpc) is 3.29. The van der Waals surface area contributed by atoms with Crippen LogP contribution in [0.2, 0.25) is 0 Å². The van der Waals surface area contributed by atoms with Crippen LogP contribution in [0.5, 0.6) is 5.75 Å². The van der Waals surface area contributed by atoms with Crippen LogP contribution in [0, 0.1) is 0 Å². The maximum Gasteiger partial charge on any atom is 0.573 e. The van der Waals surface area contributed by atoms with E-state index in [-0.39, 0.29) is 22.1 Å². The predicted molar refractivity (Wildman–Crippen MR) is 117 cm³/mol. The number of alkyl halides is 3. The molecule has 0 spiro atoms. The first-order valence-electron chi connectivity index (χ1n) is 8.99. The highest BCUT2D eigenvalue weighted by Crippen LogP contribution is 2.34. The monoisotopic (exact) mass is 504 g/mol. The summed E-state index contributed by atoms with van der Waals surface area (Å²) in [5, 5.41) is 11.7.